The van der Waals surface area contributed by atoms with Crippen LogP contribution in [0.15, 0.2) is 18.2 Å². The molecule has 0 spiro atoms. The summed E-state index contributed by atoms with van der Waals surface area (Å²) in [5, 5.41) is 21.0. The second-order valence-electron chi connectivity index (χ2n) is 3.94. The Hall–Kier alpha value is -1.76. The fourth-order valence-electron chi connectivity index (χ4n) is 1.34. The van der Waals surface area contributed by atoms with Gasteiger partial charge in [-0.2, -0.15) is 0 Å². The molecule has 1 amide bonds. The van der Waals surface area contributed by atoms with Crippen molar-refractivity contribution in [3.63, 3.8) is 0 Å². The Balaban J connectivity index is 2.51. The van der Waals surface area contributed by atoms with E-state index in [-0.39, 0.29) is 29.4 Å². The number of sulfone groups is 1. The largest absolute Gasteiger partial charge is 0.508 e. The molecule has 1 aromatic carbocycles. The number of amides is 1. The highest BCUT2D eigenvalue weighted by Gasteiger charge is 2.11. The quantitative estimate of drug-likeness (QED) is 0.668. The molecular formula is C11H15NO5S. The third-order valence-corrected chi connectivity index (χ3v) is 3.23. The molecule has 7 heteroatoms. The molecule has 1 aromatic rings. The minimum absolute atomic E-state index is 0.00512. The third-order valence-electron chi connectivity index (χ3n) is 2.20. The zero-order valence-electron chi connectivity index (χ0n) is 9.88. The Bertz CT molecular complexity index is 538. The lowest BCUT2D eigenvalue weighted by Gasteiger charge is -2.06. The van der Waals surface area contributed by atoms with Gasteiger partial charge >= 0.3 is 0 Å². The van der Waals surface area contributed by atoms with E-state index >= 15 is 0 Å². The van der Waals surface area contributed by atoms with Crippen molar-refractivity contribution in [2.45, 2.75) is 6.42 Å². The van der Waals surface area contributed by atoms with E-state index in [1.807, 2.05) is 0 Å². The van der Waals surface area contributed by atoms with E-state index in [0.717, 1.165) is 12.3 Å². The molecule has 100 valence electrons. The van der Waals surface area contributed by atoms with Crippen molar-refractivity contribution in [2.75, 3.05) is 18.6 Å². The molecule has 0 unspecified atom stereocenters. The summed E-state index contributed by atoms with van der Waals surface area (Å²) >= 11 is 0. The number of rotatable bonds is 5. The molecule has 0 bridgehead atoms. The molecule has 0 saturated heterocycles. The van der Waals surface area contributed by atoms with Crippen molar-refractivity contribution in [3.8, 4) is 11.5 Å². The predicted molar refractivity (Wildman–Crippen MR) is 66.4 cm³/mol. The molecule has 0 atom stereocenters. The Morgan fingerprint density at radius 3 is 2.56 bits per heavy atom. The summed E-state index contributed by atoms with van der Waals surface area (Å²) in [6.07, 6.45) is 1.43. The maximum atomic E-state index is 11.6. The van der Waals surface area contributed by atoms with Crippen LogP contribution in [0.4, 0.5) is 0 Å². The summed E-state index contributed by atoms with van der Waals surface area (Å²) in [7, 11) is -3.03. The summed E-state index contributed by atoms with van der Waals surface area (Å²) in [6.45, 7) is 0.201. The van der Waals surface area contributed by atoms with Crippen molar-refractivity contribution in [1.82, 2.24) is 5.32 Å². The molecule has 0 heterocycles. The van der Waals surface area contributed by atoms with E-state index in [4.69, 9.17) is 5.11 Å². The summed E-state index contributed by atoms with van der Waals surface area (Å²) in [4.78, 5) is 11.6. The van der Waals surface area contributed by atoms with Crippen LogP contribution in [0.25, 0.3) is 0 Å². The number of hydrogen-bond acceptors (Lipinski definition) is 5. The van der Waals surface area contributed by atoms with Crippen LogP contribution in [-0.4, -0.2) is 43.1 Å². The lowest BCUT2D eigenvalue weighted by Crippen LogP contribution is -2.25. The molecule has 0 radical (unpaired) electrons. The lowest BCUT2D eigenvalue weighted by molar-refractivity contribution is 0.0951. The maximum absolute atomic E-state index is 11.6. The summed E-state index contributed by atoms with van der Waals surface area (Å²) < 4.78 is 21.7. The molecule has 0 aliphatic heterocycles. The smallest absolute Gasteiger partial charge is 0.255 e. The van der Waals surface area contributed by atoms with Crippen LogP contribution in [-0.2, 0) is 9.84 Å². The first-order valence-electron chi connectivity index (χ1n) is 5.27. The minimum Gasteiger partial charge on any atom is -0.508 e. The first-order chi connectivity index (χ1) is 8.29. The van der Waals surface area contributed by atoms with Crippen molar-refractivity contribution in [1.29, 1.82) is 0 Å². The van der Waals surface area contributed by atoms with E-state index in [9.17, 15) is 18.3 Å². The first-order valence-corrected chi connectivity index (χ1v) is 7.33. The van der Waals surface area contributed by atoms with Gasteiger partial charge in [-0.3, -0.25) is 4.79 Å². The van der Waals surface area contributed by atoms with E-state index < -0.39 is 15.7 Å². The summed E-state index contributed by atoms with van der Waals surface area (Å²) in [6, 6.07) is 3.63. The van der Waals surface area contributed by atoms with Gasteiger partial charge in [0.05, 0.1) is 11.3 Å². The van der Waals surface area contributed by atoms with Crippen LogP contribution >= 0.6 is 0 Å². The van der Waals surface area contributed by atoms with Crippen LogP contribution in [0.5, 0.6) is 11.5 Å². The van der Waals surface area contributed by atoms with Gasteiger partial charge in [0.25, 0.3) is 5.91 Å². The third kappa shape index (κ3) is 4.62. The molecular weight excluding hydrogens is 258 g/mol. The maximum Gasteiger partial charge on any atom is 0.255 e. The highest BCUT2D eigenvalue weighted by Crippen LogP contribution is 2.22. The molecule has 0 aromatic heterocycles. The van der Waals surface area contributed by atoms with E-state index in [1.165, 1.54) is 12.1 Å². The number of aromatic hydroxyl groups is 2. The molecule has 0 fully saturated rings. The summed E-state index contributed by atoms with van der Waals surface area (Å²) in [5.41, 5.74) is 0.0344. The van der Waals surface area contributed by atoms with Crippen molar-refractivity contribution >= 4 is 15.7 Å². The van der Waals surface area contributed by atoms with Gasteiger partial charge < -0.3 is 15.5 Å². The fourth-order valence-corrected chi connectivity index (χ4v) is 2.01. The van der Waals surface area contributed by atoms with Gasteiger partial charge in [0.15, 0.2) is 0 Å². The molecule has 0 aliphatic rings. The zero-order valence-corrected chi connectivity index (χ0v) is 10.7. The van der Waals surface area contributed by atoms with Gasteiger partial charge in [0, 0.05) is 18.9 Å². The average molecular weight is 273 g/mol. The normalized spacial score (nSPS) is 11.2. The van der Waals surface area contributed by atoms with Gasteiger partial charge in [0.1, 0.15) is 21.3 Å². The van der Waals surface area contributed by atoms with Crippen LogP contribution in [0.3, 0.4) is 0 Å². The van der Waals surface area contributed by atoms with E-state index in [1.54, 1.807) is 0 Å². The number of hydrogen-bond donors (Lipinski definition) is 3. The van der Waals surface area contributed by atoms with Crippen LogP contribution in [0, 0.1) is 0 Å². The van der Waals surface area contributed by atoms with Crippen LogP contribution < -0.4 is 5.32 Å². The Labute approximate surface area is 105 Å². The zero-order chi connectivity index (χ0) is 13.8. The monoisotopic (exact) mass is 273 g/mol. The number of benzene rings is 1. The van der Waals surface area contributed by atoms with Crippen molar-refractivity contribution < 1.29 is 23.4 Å². The van der Waals surface area contributed by atoms with Gasteiger partial charge in [-0.25, -0.2) is 8.42 Å². The Morgan fingerprint density at radius 1 is 1.33 bits per heavy atom. The molecule has 3 N–H and O–H groups in total. The van der Waals surface area contributed by atoms with Crippen LogP contribution in [0.2, 0.25) is 0 Å². The van der Waals surface area contributed by atoms with E-state index in [2.05, 4.69) is 5.32 Å². The highest BCUT2D eigenvalue weighted by molar-refractivity contribution is 7.90. The predicted octanol–water partition coefficient (Wildman–Crippen LogP) is 0.262. The lowest BCUT2D eigenvalue weighted by atomic mass is 10.2. The molecule has 18 heavy (non-hydrogen) atoms. The standard InChI is InChI=1S/C11H15NO5S/c1-18(16,17)6-2-5-12-11(15)9-4-3-8(13)7-10(9)14/h3-4,7,13-14H,2,5-6H2,1H3,(H,12,15). The summed E-state index contributed by atoms with van der Waals surface area (Å²) in [5.74, 6) is -0.979. The number of phenols is 2. The Morgan fingerprint density at radius 2 is 2.00 bits per heavy atom. The first kappa shape index (κ1) is 14.3. The molecule has 6 nitrogen and oxygen atoms in total. The average Bonchev–Trinajstić information content (AvgIpc) is 2.22. The molecule has 1 rings (SSSR count). The van der Waals surface area contributed by atoms with Crippen LogP contribution in [0.1, 0.15) is 16.8 Å². The minimum atomic E-state index is -3.03. The molecule has 0 aliphatic carbocycles. The van der Waals surface area contributed by atoms with Gasteiger partial charge in [-0.15, -0.1) is 0 Å². The number of carbonyl (C=O) groups is 1. The van der Waals surface area contributed by atoms with Gasteiger partial charge in [-0.1, -0.05) is 0 Å². The van der Waals surface area contributed by atoms with E-state index in [0.29, 0.717) is 6.42 Å². The Kier molecular flexibility index (Phi) is 4.55. The van der Waals surface area contributed by atoms with Gasteiger partial charge in [-0.05, 0) is 18.6 Å². The van der Waals surface area contributed by atoms with Gasteiger partial charge in [0.2, 0.25) is 0 Å². The number of phenolic OH excluding ortho intramolecular Hbond substituents is 2. The fraction of sp³-hybridized carbons (Fsp3) is 0.364. The topological polar surface area (TPSA) is 104 Å². The number of carbonyl (C=O) groups excluding carboxylic acids is 1. The second kappa shape index (κ2) is 5.72. The van der Waals surface area contributed by atoms with Crippen molar-refractivity contribution in [2.24, 2.45) is 0 Å². The highest BCUT2D eigenvalue weighted by atomic mass is 32.2. The number of nitrogens with one attached hydrogen (secondary N) is 1. The van der Waals surface area contributed by atoms with Crippen molar-refractivity contribution in [3.05, 3.63) is 23.8 Å². The SMILES string of the molecule is CS(=O)(=O)CCCNC(=O)c1ccc(O)cc1O. The molecule has 0 saturated carbocycles. The second-order valence-corrected chi connectivity index (χ2v) is 6.20.